The van der Waals surface area contributed by atoms with Crippen LogP contribution < -0.4 is 10.5 Å². The van der Waals surface area contributed by atoms with Crippen molar-refractivity contribution >= 4 is 5.84 Å². The Hall–Kier alpha value is -2.61. The van der Waals surface area contributed by atoms with Crippen LogP contribution in [0.25, 0.3) is 0 Å². The zero-order valence-electron chi connectivity index (χ0n) is 13.2. The Bertz CT molecular complexity index is 818. The number of aliphatic imine (C=N–C) groups is 1. The third-order valence-corrected chi connectivity index (χ3v) is 5.14. The first-order valence-corrected chi connectivity index (χ1v) is 7.81. The van der Waals surface area contributed by atoms with Gasteiger partial charge in [-0.3, -0.25) is 0 Å². The maximum absolute atomic E-state index is 10.0. The highest BCUT2D eigenvalue weighted by Crippen LogP contribution is 2.82. The fourth-order valence-corrected chi connectivity index (χ4v) is 4.19. The van der Waals surface area contributed by atoms with E-state index < -0.39 is 22.7 Å². The summed E-state index contributed by atoms with van der Waals surface area (Å²) < 4.78 is 17.1. The molecule has 0 bridgehead atoms. The largest absolute Gasteiger partial charge is 0.494 e. The van der Waals surface area contributed by atoms with Crippen molar-refractivity contribution < 1.29 is 14.2 Å². The van der Waals surface area contributed by atoms with E-state index in [4.69, 9.17) is 19.9 Å². The van der Waals surface area contributed by atoms with Crippen molar-refractivity contribution in [3.05, 3.63) is 29.8 Å². The molecule has 7 heteroatoms. The lowest BCUT2D eigenvalue weighted by atomic mass is 9.94. The number of benzene rings is 1. The first-order valence-electron chi connectivity index (χ1n) is 7.81. The van der Waals surface area contributed by atoms with E-state index in [1.807, 2.05) is 31.2 Å². The molecule has 0 unspecified atom stereocenters. The molecule has 3 aliphatic rings. The summed E-state index contributed by atoms with van der Waals surface area (Å²) in [5, 5.41) is 19.9. The summed E-state index contributed by atoms with van der Waals surface area (Å²) >= 11 is 0. The van der Waals surface area contributed by atoms with Gasteiger partial charge >= 0.3 is 0 Å². The monoisotopic (exact) mass is 324 g/mol. The number of amidine groups is 1. The smallest absolute Gasteiger partial charge is 0.293 e. The number of fused-ring (bicyclic) bond motifs is 2. The third kappa shape index (κ3) is 1.36. The molecule has 0 radical (unpaired) electrons. The number of nitrogens with zero attached hydrogens (tertiary/aromatic N) is 3. The summed E-state index contributed by atoms with van der Waals surface area (Å²) in [6.07, 6.45) is 0. The van der Waals surface area contributed by atoms with Crippen molar-refractivity contribution in [3.8, 4) is 17.9 Å². The fraction of sp³-hybridized carbons (Fsp3) is 0.471. The minimum atomic E-state index is -1.51. The summed E-state index contributed by atoms with van der Waals surface area (Å²) in [6.45, 7) is 2.97. The van der Waals surface area contributed by atoms with Gasteiger partial charge in [0.15, 0.2) is 5.41 Å². The molecular formula is C17H16N4O3. The number of hydrogen-bond acceptors (Lipinski definition) is 7. The Morgan fingerprint density at radius 1 is 1.29 bits per heavy atom. The maximum atomic E-state index is 10.0. The molecule has 24 heavy (non-hydrogen) atoms. The van der Waals surface area contributed by atoms with Crippen LogP contribution in [-0.2, 0) is 9.47 Å². The molecule has 0 amide bonds. The second-order valence-corrected chi connectivity index (χ2v) is 6.02. The normalized spacial score (nSPS) is 35.0. The van der Waals surface area contributed by atoms with Crippen LogP contribution in [0.15, 0.2) is 29.3 Å². The molecule has 1 spiro atoms. The molecular weight excluding hydrogens is 308 g/mol. The minimum absolute atomic E-state index is 0.0877. The number of nitriles is 2. The highest BCUT2D eigenvalue weighted by atomic mass is 16.8. The molecule has 1 aromatic carbocycles. The van der Waals surface area contributed by atoms with Crippen molar-refractivity contribution in [2.24, 2.45) is 21.6 Å². The summed E-state index contributed by atoms with van der Waals surface area (Å²) in [7, 11) is 0. The van der Waals surface area contributed by atoms with Crippen molar-refractivity contribution in [3.63, 3.8) is 0 Å². The molecule has 2 fully saturated rings. The van der Waals surface area contributed by atoms with Gasteiger partial charge in [-0.05, 0) is 13.0 Å². The quantitative estimate of drug-likeness (QED) is 0.895. The van der Waals surface area contributed by atoms with Crippen LogP contribution in [0.3, 0.4) is 0 Å². The van der Waals surface area contributed by atoms with Gasteiger partial charge in [-0.15, -0.1) is 0 Å². The molecule has 0 aromatic heterocycles. The van der Waals surface area contributed by atoms with Crippen molar-refractivity contribution in [2.45, 2.75) is 18.8 Å². The van der Waals surface area contributed by atoms with E-state index >= 15 is 0 Å². The molecule has 1 aromatic rings. The molecule has 7 nitrogen and oxygen atoms in total. The summed E-state index contributed by atoms with van der Waals surface area (Å²) in [5.74, 6) is -1.31. The summed E-state index contributed by atoms with van der Waals surface area (Å²) in [6, 6.07) is 11.9. The molecule has 2 N–H and O–H groups in total. The van der Waals surface area contributed by atoms with Gasteiger partial charge < -0.3 is 19.9 Å². The van der Waals surface area contributed by atoms with Crippen LogP contribution in [0, 0.1) is 33.5 Å². The molecule has 4 rings (SSSR count). The maximum Gasteiger partial charge on any atom is 0.293 e. The number of rotatable bonds is 3. The molecule has 1 saturated heterocycles. The molecule has 1 saturated carbocycles. The van der Waals surface area contributed by atoms with Crippen LogP contribution in [0.2, 0.25) is 0 Å². The van der Waals surface area contributed by atoms with Gasteiger partial charge in [0.05, 0.1) is 32.0 Å². The van der Waals surface area contributed by atoms with Crippen LogP contribution in [0.5, 0.6) is 5.75 Å². The molecule has 3 atom stereocenters. The third-order valence-electron chi connectivity index (χ3n) is 5.14. The lowest BCUT2D eigenvalue weighted by Gasteiger charge is -2.26. The summed E-state index contributed by atoms with van der Waals surface area (Å²) in [5.41, 5.74) is 4.29. The van der Waals surface area contributed by atoms with E-state index in [9.17, 15) is 10.5 Å². The Kier molecular flexibility index (Phi) is 2.93. The van der Waals surface area contributed by atoms with Gasteiger partial charge in [-0.25, -0.2) is 4.99 Å². The molecule has 2 aliphatic heterocycles. The SMILES string of the molecule is CCOc1ccccc1[C@@H]1[C@]2(C#N)C(N)=NC3(OCCO3)[C@@]12C#N. The highest BCUT2D eigenvalue weighted by Gasteiger charge is 2.94. The van der Waals surface area contributed by atoms with E-state index in [0.717, 1.165) is 5.56 Å². The Labute approximate surface area is 139 Å². The lowest BCUT2D eigenvalue weighted by Crippen LogP contribution is -2.38. The average Bonchev–Trinajstić information content (AvgIpc) is 2.83. The first-order chi connectivity index (χ1) is 11.6. The number of nitrogens with two attached hydrogens (primary N) is 1. The molecule has 2 heterocycles. The van der Waals surface area contributed by atoms with E-state index in [1.165, 1.54) is 0 Å². The van der Waals surface area contributed by atoms with E-state index in [2.05, 4.69) is 17.1 Å². The fourth-order valence-electron chi connectivity index (χ4n) is 4.19. The van der Waals surface area contributed by atoms with Crippen LogP contribution in [-0.4, -0.2) is 31.6 Å². The predicted octanol–water partition coefficient (Wildman–Crippen LogP) is 1.27. The lowest BCUT2D eigenvalue weighted by molar-refractivity contribution is -0.184. The highest BCUT2D eigenvalue weighted by molar-refractivity contribution is 6.00. The standard InChI is InChI=1S/C17H16N4O3/c1-2-22-12-6-4-3-5-11(12)13-15(9-18)14(20)21-17(16(13,15)10-19)23-7-8-24-17/h3-6,13H,2,7-8H2,1H3,(H2,20,21)/t13-,15-,16+/m1/s1. The van der Waals surface area contributed by atoms with Crippen molar-refractivity contribution in [2.75, 3.05) is 19.8 Å². The Morgan fingerprint density at radius 3 is 2.62 bits per heavy atom. The van der Waals surface area contributed by atoms with Crippen LogP contribution in [0.4, 0.5) is 0 Å². The van der Waals surface area contributed by atoms with Gasteiger partial charge in [-0.1, -0.05) is 18.2 Å². The number of para-hydroxylation sites is 1. The van der Waals surface area contributed by atoms with Crippen LogP contribution >= 0.6 is 0 Å². The van der Waals surface area contributed by atoms with E-state index in [1.54, 1.807) is 0 Å². The van der Waals surface area contributed by atoms with Crippen molar-refractivity contribution in [1.82, 2.24) is 0 Å². The first kappa shape index (κ1) is 14.9. The van der Waals surface area contributed by atoms with Gasteiger partial charge in [0.25, 0.3) is 5.91 Å². The molecule has 1 aliphatic carbocycles. The average molecular weight is 324 g/mol. The molecule has 122 valence electrons. The van der Waals surface area contributed by atoms with E-state index in [-0.39, 0.29) is 5.84 Å². The van der Waals surface area contributed by atoms with Gasteiger partial charge in [0.1, 0.15) is 17.0 Å². The Balaban J connectivity index is 1.92. The van der Waals surface area contributed by atoms with Crippen molar-refractivity contribution in [1.29, 1.82) is 10.5 Å². The van der Waals surface area contributed by atoms with Gasteiger partial charge in [0.2, 0.25) is 0 Å². The predicted molar refractivity (Wildman–Crippen MR) is 82.7 cm³/mol. The van der Waals surface area contributed by atoms with Crippen LogP contribution in [0.1, 0.15) is 18.4 Å². The van der Waals surface area contributed by atoms with E-state index in [0.29, 0.717) is 25.6 Å². The topological polar surface area (TPSA) is 114 Å². The zero-order valence-corrected chi connectivity index (χ0v) is 13.2. The number of ether oxygens (including phenoxy) is 3. The second-order valence-electron chi connectivity index (χ2n) is 6.02. The summed E-state index contributed by atoms with van der Waals surface area (Å²) in [4.78, 5) is 4.25. The minimum Gasteiger partial charge on any atom is -0.494 e. The number of hydrogen-bond donors (Lipinski definition) is 1. The van der Waals surface area contributed by atoms with Gasteiger partial charge in [0, 0.05) is 11.5 Å². The second kappa shape index (κ2) is 4.70. The van der Waals surface area contributed by atoms with Gasteiger partial charge in [-0.2, -0.15) is 10.5 Å². The Morgan fingerprint density at radius 2 is 2.00 bits per heavy atom. The zero-order chi connectivity index (χ0) is 17.0.